The van der Waals surface area contributed by atoms with Crippen LogP contribution < -0.4 is 5.73 Å². The fraction of sp³-hybridized carbons (Fsp3) is 0.429. The van der Waals surface area contributed by atoms with E-state index >= 15 is 0 Å². The molecule has 5 heteroatoms. The first-order valence-electron chi connectivity index (χ1n) is 6.47. The van der Waals surface area contributed by atoms with Crippen molar-refractivity contribution in [1.29, 1.82) is 0 Å². The van der Waals surface area contributed by atoms with E-state index < -0.39 is 0 Å². The molecule has 102 valence electrons. The minimum absolute atomic E-state index is 0.0449. The number of carbonyl (C=O) groups is 1. The maximum atomic E-state index is 11.8. The van der Waals surface area contributed by atoms with E-state index in [1.54, 1.807) is 24.3 Å². The molecule has 4 nitrogen and oxygen atoms in total. The fourth-order valence-corrected chi connectivity index (χ4v) is 2.46. The summed E-state index contributed by atoms with van der Waals surface area (Å²) in [6.45, 7) is 0. The number of nitrogens with zero attached hydrogens (tertiary/aromatic N) is 1. The van der Waals surface area contributed by atoms with Crippen molar-refractivity contribution < 1.29 is 9.63 Å². The van der Waals surface area contributed by atoms with Crippen LogP contribution in [-0.4, -0.2) is 11.8 Å². The lowest BCUT2D eigenvalue weighted by Crippen LogP contribution is -2.21. The van der Waals surface area contributed by atoms with Crippen molar-refractivity contribution in [3.8, 4) is 0 Å². The molecule has 1 aliphatic rings. The van der Waals surface area contributed by atoms with Crippen molar-refractivity contribution in [3.05, 3.63) is 34.9 Å². The molecular formula is C14H17ClN2O2. The van der Waals surface area contributed by atoms with E-state index in [-0.39, 0.29) is 17.7 Å². The molecule has 2 N–H and O–H groups in total. The van der Waals surface area contributed by atoms with Crippen LogP contribution in [-0.2, 0) is 9.63 Å². The zero-order valence-electron chi connectivity index (χ0n) is 10.6. The highest BCUT2D eigenvalue weighted by molar-refractivity contribution is 6.34. The lowest BCUT2D eigenvalue weighted by atomic mass is 9.89. The molecule has 1 fully saturated rings. The summed E-state index contributed by atoms with van der Waals surface area (Å²) in [7, 11) is 0. The molecule has 0 aromatic heterocycles. The molecule has 0 atom stereocenters. The van der Waals surface area contributed by atoms with Gasteiger partial charge in [-0.05, 0) is 25.0 Å². The molecule has 19 heavy (non-hydrogen) atoms. The molecule has 1 saturated carbocycles. The Balaban J connectivity index is 1.98. The summed E-state index contributed by atoms with van der Waals surface area (Å²) in [5.74, 6) is -0.221. The predicted octanol–water partition coefficient (Wildman–Crippen LogP) is 3.08. The predicted molar refractivity (Wildman–Crippen MR) is 74.8 cm³/mol. The van der Waals surface area contributed by atoms with Gasteiger partial charge in [0.25, 0.3) is 0 Å². The smallest absolute Gasteiger partial charge is 0.338 e. The number of rotatable bonds is 3. The third kappa shape index (κ3) is 3.70. The molecule has 0 aliphatic heterocycles. The SMILES string of the molecule is NC(=NOC(=O)C1CCCCC1)c1ccccc1Cl. The largest absolute Gasteiger partial charge is 0.380 e. The normalized spacial score (nSPS) is 17.2. The van der Waals surface area contributed by atoms with Gasteiger partial charge in [0.2, 0.25) is 0 Å². The molecule has 0 heterocycles. The van der Waals surface area contributed by atoms with Crippen LogP contribution in [0.5, 0.6) is 0 Å². The molecule has 1 aromatic rings. The van der Waals surface area contributed by atoms with Crippen molar-refractivity contribution in [2.24, 2.45) is 16.8 Å². The topological polar surface area (TPSA) is 64.7 Å². The Labute approximate surface area is 117 Å². The van der Waals surface area contributed by atoms with Gasteiger partial charge in [-0.15, -0.1) is 0 Å². The second-order valence-corrected chi connectivity index (χ2v) is 5.11. The number of carbonyl (C=O) groups excluding carboxylic acids is 1. The second kappa shape index (κ2) is 6.57. The Morgan fingerprint density at radius 3 is 2.63 bits per heavy atom. The average molecular weight is 281 g/mol. The molecule has 0 bridgehead atoms. The summed E-state index contributed by atoms with van der Waals surface area (Å²) >= 11 is 5.98. The quantitative estimate of drug-likeness (QED) is 0.400. The second-order valence-electron chi connectivity index (χ2n) is 4.70. The first-order valence-corrected chi connectivity index (χ1v) is 6.85. The summed E-state index contributed by atoms with van der Waals surface area (Å²) in [4.78, 5) is 16.7. The monoisotopic (exact) mass is 280 g/mol. The van der Waals surface area contributed by atoms with Crippen LogP contribution in [0.4, 0.5) is 0 Å². The number of oxime groups is 1. The van der Waals surface area contributed by atoms with Crippen molar-refractivity contribution >= 4 is 23.4 Å². The minimum Gasteiger partial charge on any atom is -0.380 e. The number of benzene rings is 1. The van der Waals surface area contributed by atoms with Crippen LogP contribution in [0.3, 0.4) is 0 Å². The summed E-state index contributed by atoms with van der Waals surface area (Å²) in [5, 5.41) is 4.17. The van der Waals surface area contributed by atoms with E-state index in [0.29, 0.717) is 10.6 Å². The summed E-state index contributed by atoms with van der Waals surface area (Å²) < 4.78 is 0. The third-order valence-electron chi connectivity index (χ3n) is 3.32. The van der Waals surface area contributed by atoms with Gasteiger partial charge in [-0.1, -0.05) is 48.2 Å². The van der Waals surface area contributed by atoms with E-state index in [1.807, 2.05) is 0 Å². The van der Waals surface area contributed by atoms with Crippen molar-refractivity contribution in [2.45, 2.75) is 32.1 Å². The van der Waals surface area contributed by atoms with Gasteiger partial charge >= 0.3 is 5.97 Å². The van der Waals surface area contributed by atoms with E-state index in [1.165, 1.54) is 6.42 Å². The van der Waals surface area contributed by atoms with Gasteiger partial charge in [-0.2, -0.15) is 0 Å². The standard InChI is InChI=1S/C14H17ClN2O2/c15-12-9-5-4-8-11(12)13(16)17-19-14(18)10-6-2-1-3-7-10/h4-5,8-10H,1-3,6-7H2,(H2,16,17). The van der Waals surface area contributed by atoms with Crippen molar-refractivity contribution in [3.63, 3.8) is 0 Å². The maximum Gasteiger partial charge on any atom is 0.338 e. The van der Waals surface area contributed by atoms with Gasteiger partial charge in [-0.25, -0.2) is 4.79 Å². The Bertz CT molecular complexity index is 482. The summed E-state index contributed by atoms with van der Waals surface area (Å²) in [6, 6.07) is 7.04. The first-order chi connectivity index (χ1) is 9.18. The zero-order valence-corrected chi connectivity index (χ0v) is 11.4. The molecule has 0 unspecified atom stereocenters. The zero-order chi connectivity index (χ0) is 13.7. The van der Waals surface area contributed by atoms with Gasteiger partial charge in [0.15, 0.2) is 5.84 Å². The number of halogens is 1. The minimum atomic E-state index is -0.297. The van der Waals surface area contributed by atoms with Crippen LogP contribution in [0.15, 0.2) is 29.4 Å². The van der Waals surface area contributed by atoms with Gasteiger partial charge in [0.05, 0.1) is 10.9 Å². The number of hydrogen-bond acceptors (Lipinski definition) is 3. The van der Waals surface area contributed by atoms with Crippen molar-refractivity contribution in [1.82, 2.24) is 0 Å². The Hall–Kier alpha value is -1.55. The van der Waals surface area contributed by atoms with Crippen LogP contribution in [0, 0.1) is 5.92 Å². The molecule has 2 rings (SSSR count). The molecule has 0 saturated heterocycles. The van der Waals surface area contributed by atoms with Crippen LogP contribution in [0.2, 0.25) is 5.02 Å². The average Bonchev–Trinajstić information content (AvgIpc) is 2.46. The van der Waals surface area contributed by atoms with Gasteiger partial charge in [0.1, 0.15) is 0 Å². The van der Waals surface area contributed by atoms with Crippen molar-refractivity contribution in [2.75, 3.05) is 0 Å². The molecule has 0 spiro atoms. The summed E-state index contributed by atoms with van der Waals surface area (Å²) in [5.41, 5.74) is 6.33. The highest BCUT2D eigenvalue weighted by Gasteiger charge is 2.23. The molecular weight excluding hydrogens is 264 g/mol. The molecule has 1 aliphatic carbocycles. The lowest BCUT2D eigenvalue weighted by Gasteiger charge is -2.18. The molecule has 0 radical (unpaired) electrons. The van der Waals surface area contributed by atoms with E-state index in [0.717, 1.165) is 25.7 Å². The lowest BCUT2D eigenvalue weighted by molar-refractivity contribution is -0.149. The Morgan fingerprint density at radius 1 is 1.26 bits per heavy atom. The Kier molecular flexibility index (Phi) is 4.80. The van der Waals surface area contributed by atoms with E-state index in [9.17, 15) is 4.79 Å². The first kappa shape index (κ1) is 13.9. The Morgan fingerprint density at radius 2 is 1.95 bits per heavy atom. The number of hydrogen-bond donors (Lipinski definition) is 1. The van der Waals surface area contributed by atoms with Crippen LogP contribution >= 0.6 is 11.6 Å². The van der Waals surface area contributed by atoms with Crippen LogP contribution in [0.1, 0.15) is 37.7 Å². The maximum absolute atomic E-state index is 11.8. The van der Waals surface area contributed by atoms with E-state index in [4.69, 9.17) is 22.2 Å². The third-order valence-corrected chi connectivity index (χ3v) is 3.65. The summed E-state index contributed by atoms with van der Waals surface area (Å²) in [6.07, 6.45) is 5.09. The van der Waals surface area contributed by atoms with Gasteiger partial charge < -0.3 is 10.6 Å². The highest BCUT2D eigenvalue weighted by atomic mass is 35.5. The molecule has 0 amide bonds. The number of amidine groups is 1. The van der Waals surface area contributed by atoms with Crippen LogP contribution in [0.25, 0.3) is 0 Å². The van der Waals surface area contributed by atoms with E-state index in [2.05, 4.69) is 5.16 Å². The van der Waals surface area contributed by atoms with Gasteiger partial charge in [0, 0.05) is 5.56 Å². The highest BCUT2D eigenvalue weighted by Crippen LogP contribution is 2.24. The molecule has 1 aromatic carbocycles. The fourth-order valence-electron chi connectivity index (χ4n) is 2.23. The number of nitrogens with two attached hydrogens (primary N) is 1. The van der Waals surface area contributed by atoms with Gasteiger partial charge in [-0.3, -0.25) is 0 Å².